The van der Waals surface area contributed by atoms with E-state index in [0.29, 0.717) is 10.8 Å². The van der Waals surface area contributed by atoms with E-state index in [-0.39, 0.29) is 11.9 Å². The molecule has 2 nitrogen and oxygen atoms in total. The van der Waals surface area contributed by atoms with Gasteiger partial charge < -0.3 is 5.32 Å². The molecule has 116 valence electrons. The zero-order valence-corrected chi connectivity index (χ0v) is 14.4. The van der Waals surface area contributed by atoms with Gasteiger partial charge in [0.1, 0.15) is 0 Å². The highest BCUT2D eigenvalue weighted by Crippen LogP contribution is 2.18. The van der Waals surface area contributed by atoms with Gasteiger partial charge in [-0.25, -0.2) is 0 Å². The minimum Gasteiger partial charge on any atom is -0.349 e. The van der Waals surface area contributed by atoms with Crippen molar-refractivity contribution in [2.45, 2.75) is 25.6 Å². The van der Waals surface area contributed by atoms with Crippen molar-refractivity contribution < 1.29 is 4.79 Å². The summed E-state index contributed by atoms with van der Waals surface area (Å²) in [6, 6.07) is 15.9. The normalized spacial score (nSPS) is 12.0. The summed E-state index contributed by atoms with van der Waals surface area (Å²) < 4.78 is 0. The molecule has 2 aromatic carbocycles. The average Bonchev–Trinajstić information content (AvgIpc) is 2.47. The zero-order chi connectivity index (χ0) is 15.9. The van der Waals surface area contributed by atoms with E-state index in [9.17, 15) is 4.79 Å². The first-order valence-electron chi connectivity index (χ1n) is 7.22. The van der Waals surface area contributed by atoms with Gasteiger partial charge in [0, 0.05) is 10.8 Å². The van der Waals surface area contributed by atoms with Gasteiger partial charge in [0.05, 0.1) is 11.8 Å². The molecule has 22 heavy (non-hydrogen) atoms. The number of amides is 1. The van der Waals surface area contributed by atoms with E-state index >= 15 is 0 Å². The number of rotatable bonds is 6. The van der Waals surface area contributed by atoms with Crippen molar-refractivity contribution in [3.8, 4) is 0 Å². The van der Waals surface area contributed by atoms with E-state index in [4.69, 9.17) is 11.6 Å². The van der Waals surface area contributed by atoms with Crippen LogP contribution in [0.5, 0.6) is 0 Å². The second kappa shape index (κ2) is 8.25. The van der Waals surface area contributed by atoms with Crippen LogP contribution in [-0.4, -0.2) is 11.7 Å². The summed E-state index contributed by atoms with van der Waals surface area (Å²) in [5.74, 6) is 1.35. The number of benzene rings is 2. The lowest BCUT2D eigenvalue weighted by molar-refractivity contribution is -0.119. The minimum atomic E-state index is -0.0363. The Morgan fingerprint density at radius 3 is 2.73 bits per heavy atom. The predicted molar refractivity (Wildman–Crippen MR) is 95.4 cm³/mol. The molecule has 0 aromatic heterocycles. The third-order valence-corrected chi connectivity index (χ3v) is 4.55. The minimum absolute atomic E-state index is 0.0363. The van der Waals surface area contributed by atoms with Crippen LogP contribution in [0.1, 0.15) is 29.7 Å². The summed E-state index contributed by atoms with van der Waals surface area (Å²) in [5, 5.41) is 3.69. The third-order valence-electron chi connectivity index (χ3n) is 3.31. The highest BCUT2D eigenvalue weighted by molar-refractivity contribution is 7.99. The molecule has 0 heterocycles. The third kappa shape index (κ3) is 5.39. The van der Waals surface area contributed by atoms with Gasteiger partial charge in [-0.2, -0.15) is 0 Å². The highest BCUT2D eigenvalue weighted by Gasteiger charge is 2.10. The summed E-state index contributed by atoms with van der Waals surface area (Å²) in [6.45, 7) is 4.04. The second-order valence-electron chi connectivity index (χ2n) is 5.33. The Morgan fingerprint density at radius 1 is 1.23 bits per heavy atom. The Morgan fingerprint density at radius 2 is 2.00 bits per heavy atom. The Balaban J connectivity index is 1.78. The lowest BCUT2D eigenvalue weighted by atomic mass is 10.1. The van der Waals surface area contributed by atoms with Gasteiger partial charge in [-0.1, -0.05) is 53.6 Å². The van der Waals surface area contributed by atoms with Gasteiger partial charge in [0.25, 0.3) is 0 Å². The lowest BCUT2D eigenvalue weighted by Gasteiger charge is -2.14. The van der Waals surface area contributed by atoms with Crippen LogP contribution in [0.3, 0.4) is 0 Å². The van der Waals surface area contributed by atoms with Crippen LogP contribution in [0.2, 0.25) is 5.02 Å². The summed E-state index contributed by atoms with van der Waals surface area (Å²) in [7, 11) is 0. The summed E-state index contributed by atoms with van der Waals surface area (Å²) >= 11 is 7.60. The SMILES string of the molecule is Cc1cccc(CSCC(=O)NC(C)c2cccc(Cl)c2)c1. The molecule has 2 aromatic rings. The molecule has 0 bridgehead atoms. The Bertz CT molecular complexity index is 644. The maximum atomic E-state index is 12.0. The summed E-state index contributed by atoms with van der Waals surface area (Å²) in [5.41, 5.74) is 3.52. The van der Waals surface area contributed by atoms with Crippen molar-refractivity contribution in [1.82, 2.24) is 5.32 Å². The van der Waals surface area contributed by atoms with E-state index in [1.165, 1.54) is 11.1 Å². The molecule has 1 atom stereocenters. The number of hydrogen-bond acceptors (Lipinski definition) is 2. The van der Waals surface area contributed by atoms with Gasteiger partial charge in [0.2, 0.25) is 5.91 Å². The van der Waals surface area contributed by atoms with Crippen molar-refractivity contribution in [1.29, 1.82) is 0 Å². The Kier molecular flexibility index (Phi) is 6.34. The fourth-order valence-corrected chi connectivity index (χ4v) is 3.19. The smallest absolute Gasteiger partial charge is 0.230 e. The molecular weight excluding hydrogens is 314 g/mol. The molecule has 0 radical (unpaired) electrons. The highest BCUT2D eigenvalue weighted by atomic mass is 35.5. The van der Waals surface area contributed by atoms with Crippen LogP contribution in [0.15, 0.2) is 48.5 Å². The van der Waals surface area contributed by atoms with Gasteiger partial charge in [-0.15, -0.1) is 11.8 Å². The van der Waals surface area contributed by atoms with Crippen LogP contribution < -0.4 is 5.32 Å². The van der Waals surface area contributed by atoms with Crippen molar-refractivity contribution in [2.75, 3.05) is 5.75 Å². The van der Waals surface area contributed by atoms with E-state index in [1.54, 1.807) is 11.8 Å². The number of hydrogen-bond donors (Lipinski definition) is 1. The van der Waals surface area contributed by atoms with E-state index in [2.05, 4.69) is 30.4 Å². The zero-order valence-electron chi connectivity index (χ0n) is 12.8. The molecule has 4 heteroatoms. The molecular formula is C18H20ClNOS. The van der Waals surface area contributed by atoms with Gasteiger partial charge in [0.15, 0.2) is 0 Å². The first-order chi connectivity index (χ1) is 10.5. The molecule has 0 aliphatic heterocycles. The van der Waals surface area contributed by atoms with Gasteiger partial charge in [-0.3, -0.25) is 4.79 Å². The van der Waals surface area contributed by atoms with Crippen molar-refractivity contribution in [2.24, 2.45) is 0 Å². The molecule has 1 amide bonds. The molecule has 0 saturated carbocycles. The van der Waals surface area contributed by atoms with Crippen LogP contribution in [0.4, 0.5) is 0 Å². The van der Waals surface area contributed by atoms with Crippen LogP contribution in [-0.2, 0) is 10.5 Å². The molecule has 1 unspecified atom stereocenters. The Labute approximate surface area is 141 Å². The first-order valence-corrected chi connectivity index (χ1v) is 8.76. The lowest BCUT2D eigenvalue weighted by Crippen LogP contribution is -2.28. The molecule has 2 rings (SSSR count). The second-order valence-corrected chi connectivity index (χ2v) is 6.75. The topological polar surface area (TPSA) is 29.1 Å². The fourth-order valence-electron chi connectivity index (χ4n) is 2.21. The van der Waals surface area contributed by atoms with Crippen LogP contribution >= 0.6 is 23.4 Å². The van der Waals surface area contributed by atoms with Crippen LogP contribution in [0, 0.1) is 6.92 Å². The van der Waals surface area contributed by atoms with Crippen molar-refractivity contribution in [3.63, 3.8) is 0 Å². The number of thioether (sulfide) groups is 1. The fraction of sp³-hybridized carbons (Fsp3) is 0.278. The molecule has 1 N–H and O–H groups in total. The van der Waals surface area contributed by atoms with E-state index in [0.717, 1.165) is 11.3 Å². The first kappa shape index (κ1) is 16.9. The number of aryl methyl sites for hydroxylation is 1. The van der Waals surface area contributed by atoms with Crippen molar-refractivity contribution >= 4 is 29.3 Å². The van der Waals surface area contributed by atoms with E-state index < -0.39 is 0 Å². The number of nitrogens with one attached hydrogen (secondary N) is 1. The number of carbonyl (C=O) groups excluding carboxylic acids is 1. The Hall–Kier alpha value is -1.45. The average molecular weight is 334 g/mol. The molecule has 0 aliphatic carbocycles. The van der Waals surface area contributed by atoms with Crippen molar-refractivity contribution in [3.05, 3.63) is 70.2 Å². The maximum absolute atomic E-state index is 12.0. The number of halogens is 1. The quantitative estimate of drug-likeness (QED) is 0.825. The molecule has 0 fully saturated rings. The molecule has 0 saturated heterocycles. The summed E-state index contributed by atoms with van der Waals surface area (Å²) in [4.78, 5) is 12.0. The van der Waals surface area contributed by atoms with E-state index in [1.807, 2.05) is 37.3 Å². The summed E-state index contributed by atoms with van der Waals surface area (Å²) in [6.07, 6.45) is 0. The molecule has 0 spiro atoms. The predicted octanol–water partition coefficient (Wildman–Crippen LogP) is 4.76. The monoisotopic (exact) mass is 333 g/mol. The van der Waals surface area contributed by atoms with Gasteiger partial charge >= 0.3 is 0 Å². The standard InChI is InChI=1S/C18H20ClNOS/c1-13-5-3-6-15(9-13)11-22-12-18(21)20-14(2)16-7-4-8-17(19)10-16/h3-10,14H,11-12H2,1-2H3,(H,20,21). The molecule has 0 aliphatic rings. The van der Waals surface area contributed by atoms with Crippen LogP contribution in [0.25, 0.3) is 0 Å². The largest absolute Gasteiger partial charge is 0.349 e. The van der Waals surface area contributed by atoms with Gasteiger partial charge in [-0.05, 0) is 37.1 Å². The maximum Gasteiger partial charge on any atom is 0.230 e. The number of carbonyl (C=O) groups is 1.